The van der Waals surface area contributed by atoms with Crippen LogP contribution in [0.25, 0.3) is 0 Å². The highest BCUT2D eigenvalue weighted by Gasteiger charge is 2.30. The minimum Gasteiger partial charge on any atom is -0.451 e. The van der Waals surface area contributed by atoms with Crippen molar-refractivity contribution in [1.82, 2.24) is 5.32 Å². The summed E-state index contributed by atoms with van der Waals surface area (Å²) in [4.78, 5) is 25.0. The predicted octanol–water partition coefficient (Wildman–Crippen LogP) is 2.80. The molecule has 1 N–H and O–H groups in total. The zero-order valence-electron chi connectivity index (χ0n) is 13.1. The smallest absolute Gasteiger partial charge is 0.348 e. The Balaban J connectivity index is 2.04. The number of hydrogen-bond donors (Lipinski definition) is 1. The molecule has 0 bridgehead atoms. The number of esters is 1. The number of aryl methyl sites for hydroxylation is 1. The lowest BCUT2D eigenvalue weighted by Gasteiger charge is -2.33. The number of ether oxygens (including phenoxy) is 1. The largest absolute Gasteiger partial charge is 0.451 e. The molecule has 0 aliphatic heterocycles. The molecule has 5 heteroatoms. The number of fused-ring (bicyclic) bond motifs is 1. The molecule has 2 rings (SSSR count). The van der Waals surface area contributed by atoms with Crippen molar-refractivity contribution in [3.8, 4) is 0 Å². The van der Waals surface area contributed by atoms with Crippen molar-refractivity contribution < 1.29 is 14.3 Å². The van der Waals surface area contributed by atoms with Crippen LogP contribution in [0, 0.1) is 11.3 Å². The van der Waals surface area contributed by atoms with Crippen LogP contribution < -0.4 is 5.32 Å². The Morgan fingerprint density at radius 1 is 1.43 bits per heavy atom. The number of likely N-dealkylation sites (N-methyl/N-ethyl adjacent to an activating group) is 1. The summed E-state index contributed by atoms with van der Waals surface area (Å²) in [5.74, 6) is -0.0443. The van der Waals surface area contributed by atoms with Gasteiger partial charge in [-0.3, -0.25) is 4.79 Å². The quantitative estimate of drug-likeness (QED) is 0.874. The van der Waals surface area contributed by atoms with Gasteiger partial charge >= 0.3 is 5.97 Å². The van der Waals surface area contributed by atoms with Gasteiger partial charge in [-0.25, -0.2) is 4.79 Å². The van der Waals surface area contributed by atoms with Crippen LogP contribution in [0.15, 0.2) is 6.07 Å². The third kappa shape index (κ3) is 3.84. The minimum absolute atomic E-state index is 0.220. The lowest BCUT2D eigenvalue weighted by atomic mass is 9.72. The van der Waals surface area contributed by atoms with Crippen molar-refractivity contribution in [3.63, 3.8) is 0 Å². The van der Waals surface area contributed by atoms with E-state index < -0.39 is 5.97 Å². The minimum atomic E-state index is -0.398. The first-order chi connectivity index (χ1) is 9.81. The summed E-state index contributed by atoms with van der Waals surface area (Å²) in [6.45, 7) is 6.59. The van der Waals surface area contributed by atoms with E-state index in [4.69, 9.17) is 4.74 Å². The van der Waals surface area contributed by atoms with Gasteiger partial charge in [0.1, 0.15) is 4.88 Å². The second-order valence-electron chi connectivity index (χ2n) is 6.61. The van der Waals surface area contributed by atoms with Crippen LogP contribution in [0.3, 0.4) is 0 Å². The molecule has 1 aromatic heterocycles. The Morgan fingerprint density at radius 2 is 2.14 bits per heavy atom. The van der Waals surface area contributed by atoms with E-state index in [2.05, 4.69) is 26.1 Å². The standard InChI is InChI=1S/C16H23NO3S/c1-16(2,3)11-5-6-12-10(7-11)8-13(21-12)15(19)20-9-14(18)17-4/h8,11H,5-7,9H2,1-4H3,(H,17,18)/t11-/m1/s1. The monoisotopic (exact) mass is 309 g/mol. The lowest BCUT2D eigenvalue weighted by molar-refractivity contribution is -0.123. The Labute approximate surface area is 129 Å². The molecular weight excluding hydrogens is 286 g/mol. The molecular formula is C16H23NO3S. The topological polar surface area (TPSA) is 55.4 Å². The highest BCUT2D eigenvalue weighted by Crippen LogP contribution is 2.40. The fourth-order valence-corrected chi connectivity index (χ4v) is 3.74. The SMILES string of the molecule is CNC(=O)COC(=O)c1cc2c(s1)CC[C@@H](C(C)(C)C)C2. The first-order valence-electron chi connectivity index (χ1n) is 7.30. The van der Waals surface area contributed by atoms with E-state index in [1.54, 1.807) is 0 Å². The molecule has 0 aromatic carbocycles. The normalized spacial score (nSPS) is 18.0. The molecule has 116 valence electrons. The van der Waals surface area contributed by atoms with Crippen molar-refractivity contribution in [1.29, 1.82) is 0 Å². The third-order valence-electron chi connectivity index (χ3n) is 4.12. The Morgan fingerprint density at radius 3 is 2.76 bits per heavy atom. The summed E-state index contributed by atoms with van der Waals surface area (Å²) in [6.07, 6.45) is 3.23. The summed E-state index contributed by atoms with van der Waals surface area (Å²) in [5.41, 5.74) is 1.57. The van der Waals surface area contributed by atoms with Crippen molar-refractivity contribution in [2.24, 2.45) is 11.3 Å². The molecule has 0 saturated carbocycles. The molecule has 0 unspecified atom stereocenters. The van der Waals surface area contributed by atoms with Crippen LogP contribution in [0.5, 0.6) is 0 Å². The van der Waals surface area contributed by atoms with E-state index in [1.807, 2.05) is 6.07 Å². The summed E-state index contributed by atoms with van der Waals surface area (Å²) in [6, 6.07) is 1.95. The van der Waals surface area contributed by atoms with Crippen LogP contribution in [-0.2, 0) is 22.4 Å². The van der Waals surface area contributed by atoms with Gasteiger partial charge in [0.15, 0.2) is 6.61 Å². The lowest BCUT2D eigenvalue weighted by Crippen LogP contribution is -2.26. The molecule has 1 amide bonds. The van der Waals surface area contributed by atoms with Gasteiger partial charge in [-0.05, 0) is 42.2 Å². The Kier molecular flexibility index (Phi) is 4.71. The second kappa shape index (κ2) is 6.18. The van der Waals surface area contributed by atoms with Gasteiger partial charge in [-0.15, -0.1) is 11.3 Å². The third-order valence-corrected chi connectivity index (χ3v) is 5.34. The van der Waals surface area contributed by atoms with Gasteiger partial charge in [0.2, 0.25) is 0 Å². The highest BCUT2D eigenvalue weighted by molar-refractivity contribution is 7.14. The van der Waals surface area contributed by atoms with Gasteiger partial charge < -0.3 is 10.1 Å². The summed E-state index contributed by atoms with van der Waals surface area (Å²) in [7, 11) is 1.52. The van der Waals surface area contributed by atoms with Crippen molar-refractivity contribution >= 4 is 23.2 Å². The number of rotatable bonds is 3. The van der Waals surface area contributed by atoms with Crippen molar-refractivity contribution in [2.75, 3.05) is 13.7 Å². The average molecular weight is 309 g/mol. The molecule has 0 radical (unpaired) electrons. The number of carbonyl (C=O) groups excluding carboxylic acids is 2. The number of thiophene rings is 1. The Bertz CT molecular complexity index is 542. The Hall–Kier alpha value is -1.36. The molecule has 21 heavy (non-hydrogen) atoms. The van der Waals surface area contributed by atoms with Crippen LogP contribution in [0.1, 0.15) is 47.3 Å². The zero-order chi connectivity index (χ0) is 15.6. The molecule has 0 spiro atoms. The van der Waals surface area contributed by atoms with Crippen molar-refractivity contribution in [2.45, 2.75) is 40.0 Å². The summed E-state index contributed by atoms with van der Waals surface area (Å²) < 4.78 is 5.01. The van der Waals surface area contributed by atoms with Gasteiger partial charge in [0, 0.05) is 11.9 Å². The fourth-order valence-electron chi connectivity index (χ4n) is 2.64. The summed E-state index contributed by atoms with van der Waals surface area (Å²) in [5, 5.41) is 2.43. The average Bonchev–Trinajstić information content (AvgIpc) is 2.86. The first kappa shape index (κ1) is 16.0. The molecule has 1 atom stereocenters. The maximum atomic E-state index is 12.0. The maximum absolute atomic E-state index is 12.0. The van der Waals surface area contributed by atoms with E-state index in [1.165, 1.54) is 35.2 Å². The molecule has 1 aliphatic rings. The van der Waals surface area contributed by atoms with E-state index in [0.29, 0.717) is 16.2 Å². The zero-order valence-corrected chi connectivity index (χ0v) is 13.9. The predicted molar refractivity (Wildman–Crippen MR) is 83.6 cm³/mol. The maximum Gasteiger partial charge on any atom is 0.348 e. The molecule has 1 aromatic rings. The van der Waals surface area contributed by atoms with Gasteiger partial charge in [-0.1, -0.05) is 20.8 Å². The number of amides is 1. The number of nitrogens with one attached hydrogen (secondary N) is 1. The van der Waals surface area contributed by atoms with Gasteiger partial charge in [-0.2, -0.15) is 0 Å². The second-order valence-corrected chi connectivity index (χ2v) is 7.75. The van der Waals surface area contributed by atoms with Gasteiger partial charge in [0.05, 0.1) is 0 Å². The van der Waals surface area contributed by atoms with Crippen LogP contribution in [0.4, 0.5) is 0 Å². The summed E-state index contributed by atoms with van der Waals surface area (Å²) >= 11 is 1.51. The fraction of sp³-hybridized carbons (Fsp3) is 0.625. The molecule has 0 saturated heterocycles. The molecule has 4 nitrogen and oxygen atoms in total. The van der Waals surface area contributed by atoms with Crippen LogP contribution in [0.2, 0.25) is 0 Å². The first-order valence-corrected chi connectivity index (χ1v) is 8.12. The number of carbonyl (C=O) groups is 2. The van der Waals surface area contributed by atoms with E-state index in [9.17, 15) is 9.59 Å². The molecule has 1 heterocycles. The van der Waals surface area contributed by atoms with E-state index in [0.717, 1.165) is 12.8 Å². The van der Waals surface area contributed by atoms with Crippen LogP contribution >= 0.6 is 11.3 Å². The molecule has 1 aliphatic carbocycles. The van der Waals surface area contributed by atoms with Gasteiger partial charge in [0.25, 0.3) is 5.91 Å². The number of hydrogen-bond acceptors (Lipinski definition) is 4. The molecule has 0 fully saturated rings. The van der Waals surface area contributed by atoms with Crippen molar-refractivity contribution in [3.05, 3.63) is 21.4 Å². The van der Waals surface area contributed by atoms with E-state index >= 15 is 0 Å². The van der Waals surface area contributed by atoms with Crippen LogP contribution in [-0.4, -0.2) is 25.5 Å². The van der Waals surface area contributed by atoms with E-state index in [-0.39, 0.29) is 12.5 Å². The highest BCUT2D eigenvalue weighted by atomic mass is 32.1.